The first kappa shape index (κ1) is 32.8. The number of sulfonamides is 1. The number of carbonyl (C=O) groups is 2. The average molecular weight is 632 g/mol. The number of benzene rings is 4. The van der Waals surface area contributed by atoms with Crippen LogP contribution in [0.5, 0.6) is 0 Å². The lowest BCUT2D eigenvalue weighted by molar-refractivity contribution is -0.140. The van der Waals surface area contributed by atoms with Crippen molar-refractivity contribution in [3.63, 3.8) is 0 Å². The fourth-order valence-electron chi connectivity index (χ4n) is 4.92. The van der Waals surface area contributed by atoms with Crippen LogP contribution < -0.4 is 9.62 Å². The van der Waals surface area contributed by atoms with Gasteiger partial charge in [0.1, 0.15) is 12.6 Å². The normalized spacial score (nSPS) is 12.0. The van der Waals surface area contributed by atoms with E-state index in [1.54, 1.807) is 73.7 Å². The molecule has 0 radical (unpaired) electrons. The Labute approximate surface area is 265 Å². The molecule has 0 aromatic heterocycles. The third-order valence-electron chi connectivity index (χ3n) is 7.24. The molecule has 0 aliphatic heterocycles. The highest BCUT2D eigenvalue weighted by Gasteiger charge is 2.35. The second kappa shape index (κ2) is 14.6. The SMILES string of the molecule is Cc1ccc(S(=O)(=O)N(CC(=O)N(Cc2ccc(Cl)cc2)[C@H](Cc2ccccc2)C(=O)NC(C)C)c2ccccc2C)cc1. The van der Waals surface area contributed by atoms with Gasteiger partial charge in [0, 0.05) is 24.0 Å². The van der Waals surface area contributed by atoms with E-state index in [1.165, 1.54) is 4.90 Å². The van der Waals surface area contributed by atoms with Gasteiger partial charge in [0.2, 0.25) is 11.8 Å². The van der Waals surface area contributed by atoms with E-state index in [-0.39, 0.29) is 29.8 Å². The third kappa shape index (κ3) is 8.27. The Hall–Kier alpha value is -4.14. The maximum atomic E-state index is 14.5. The molecule has 1 N–H and O–H groups in total. The Balaban J connectivity index is 1.81. The van der Waals surface area contributed by atoms with Gasteiger partial charge in [-0.15, -0.1) is 0 Å². The van der Waals surface area contributed by atoms with E-state index in [2.05, 4.69) is 5.32 Å². The largest absolute Gasteiger partial charge is 0.352 e. The van der Waals surface area contributed by atoms with E-state index in [0.29, 0.717) is 16.3 Å². The number of halogens is 1. The summed E-state index contributed by atoms with van der Waals surface area (Å²) in [6.07, 6.45) is 0.244. The number of nitrogens with one attached hydrogen (secondary N) is 1. The van der Waals surface area contributed by atoms with Crippen molar-refractivity contribution in [1.29, 1.82) is 0 Å². The van der Waals surface area contributed by atoms with E-state index in [9.17, 15) is 18.0 Å². The first-order valence-electron chi connectivity index (χ1n) is 14.5. The molecular formula is C35H38ClN3O4S. The van der Waals surface area contributed by atoms with Gasteiger partial charge >= 0.3 is 0 Å². The summed E-state index contributed by atoms with van der Waals surface area (Å²) < 4.78 is 29.4. The van der Waals surface area contributed by atoms with Gasteiger partial charge in [-0.1, -0.05) is 90.0 Å². The number of anilines is 1. The van der Waals surface area contributed by atoms with Gasteiger partial charge < -0.3 is 10.2 Å². The van der Waals surface area contributed by atoms with Crippen LogP contribution in [0.15, 0.2) is 108 Å². The van der Waals surface area contributed by atoms with Gasteiger partial charge in [-0.3, -0.25) is 13.9 Å². The van der Waals surface area contributed by atoms with Crippen molar-refractivity contribution < 1.29 is 18.0 Å². The Bertz CT molecular complexity index is 1680. The number of rotatable bonds is 12. The lowest BCUT2D eigenvalue weighted by atomic mass is 10.0. The summed E-state index contributed by atoms with van der Waals surface area (Å²) in [5.74, 6) is -0.839. The van der Waals surface area contributed by atoms with Gasteiger partial charge in [0.25, 0.3) is 10.0 Å². The zero-order chi connectivity index (χ0) is 31.9. The predicted octanol–water partition coefficient (Wildman–Crippen LogP) is 6.32. The minimum atomic E-state index is -4.16. The van der Waals surface area contributed by atoms with Gasteiger partial charge in [-0.2, -0.15) is 0 Å². The number of nitrogens with zero attached hydrogens (tertiary/aromatic N) is 2. The number of para-hydroxylation sites is 1. The summed E-state index contributed by atoms with van der Waals surface area (Å²) in [5, 5.41) is 3.50. The van der Waals surface area contributed by atoms with E-state index >= 15 is 0 Å². The number of amides is 2. The Kier molecular flexibility index (Phi) is 10.8. The van der Waals surface area contributed by atoms with Crippen molar-refractivity contribution >= 4 is 39.1 Å². The topological polar surface area (TPSA) is 86.8 Å². The highest BCUT2D eigenvalue weighted by atomic mass is 35.5. The molecule has 0 saturated heterocycles. The van der Waals surface area contributed by atoms with Crippen LogP contribution in [0.1, 0.15) is 36.1 Å². The minimum absolute atomic E-state index is 0.0711. The van der Waals surface area contributed by atoms with Crippen LogP contribution in [0.2, 0.25) is 5.02 Å². The molecule has 0 saturated carbocycles. The molecular weight excluding hydrogens is 594 g/mol. The lowest BCUT2D eigenvalue weighted by Gasteiger charge is -2.34. The smallest absolute Gasteiger partial charge is 0.264 e. The van der Waals surface area contributed by atoms with E-state index in [1.807, 2.05) is 57.2 Å². The number of hydrogen-bond donors (Lipinski definition) is 1. The first-order valence-corrected chi connectivity index (χ1v) is 16.3. The molecule has 44 heavy (non-hydrogen) atoms. The van der Waals surface area contributed by atoms with E-state index < -0.39 is 28.5 Å². The van der Waals surface area contributed by atoms with Gasteiger partial charge in [0.15, 0.2) is 0 Å². The molecule has 1 atom stereocenters. The fourth-order valence-corrected chi connectivity index (χ4v) is 6.52. The lowest BCUT2D eigenvalue weighted by Crippen LogP contribution is -2.54. The second-order valence-electron chi connectivity index (χ2n) is 11.1. The van der Waals surface area contributed by atoms with E-state index in [4.69, 9.17) is 11.6 Å². The number of aryl methyl sites for hydroxylation is 2. The fraction of sp³-hybridized carbons (Fsp3) is 0.257. The highest BCUT2D eigenvalue weighted by molar-refractivity contribution is 7.92. The van der Waals surface area contributed by atoms with Crippen LogP contribution in [0.25, 0.3) is 0 Å². The van der Waals surface area contributed by atoms with Gasteiger partial charge in [0.05, 0.1) is 10.6 Å². The van der Waals surface area contributed by atoms with E-state index in [0.717, 1.165) is 21.0 Å². The molecule has 0 bridgehead atoms. The van der Waals surface area contributed by atoms with Crippen LogP contribution in [-0.4, -0.2) is 43.8 Å². The average Bonchev–Trinajstić information content (AvgIpc) is 2.99. The molecule has 2 amide bonds. The maximum Gasteiger partial charge on any atom is 0.264 e. The minimum Gasteiger partial charge on any atom is -0.352 e. The molecule has 7 nitrogen and oxygen atoms in total. The molecule has 0 aliphatic carbocycles. The van der Waals surface area contributed by atoms with Crippen molar-refractivity contribution in [2.45, 2.75) is 57.6 Å². The quantitative estimate of drug-likeness (QED) is 0.198. The molecule has 0 heterocycles. The van der Waals surface area contributed by atoms with Crippen molar-refractivity contribution in [3.8, 4) is 0 Å². The molecule has 4 rings (SSSR count). The van der Waals surface area contributed by atoms with Crippen LogP contribution in [0, 0.1) is 13.8 Å². The third-order valence-corrected chi connectivity index (χ3v) is 9.27. The molecule has 230 valence electrons. The highest BCUT2D eigenvalue weighted by Crippen LogP contribution is 2.28. The Morgan fingerprint density at radius 3 is 2.02 bits per heavy atom. The zero-order valence-electron chi connectivity index (χ0n) is 25.4. The van der Waals surface area contributed by atoms with Crippen LogP contribution >= 0.6 is 11.6 Å². The van der Waals surface area contributed by atoms with Gasteiger partial charge in [-0.05, 0) is 74.7 Å². The predicted molar refractivity (Wildman–Crippen MR) is 176 cm³/mol. The zero-order valence-corrected chi connectivity index (χ0v) is 27.0. The maximum absolute atomic E-state index is 14.5. The molecule has 9 heteroatoms. The standard InChI is InChI=1S/C35H38ClN3O4S/c1-25(2)37-35(41)33(22-28-11-6-5-7-12-28)38(23-29-16-18-30(36)19-17-29)34(40)24-39(32-13-9-8-10-27(32)4)44(42,43)31-20-14-26(3)15-21-31/h5-21,25,33H,22-24H2,1-4H3,(H,37,41)/t33-/m1/s1. The summed E-state index contributed by atoms with van der Waals surface area (Å²) in [6, 6.07) is 29.0. The first-order chi connectivity index (χ1) is 21.0. The molecule has 4 aromatic rings. The summed E-state index contributed by atoms with van der Waals surface area (Å²) in [7, 11) is -4.16. The molecule has 0 fully saturated rings. The van der Waals surface area contributed by atoms with Crippen molar-refractivity contribution in [2.24, 2.45) is 0 Å². The summed E-state index contributed by atoms with van der Waals surface area (Å²) in [4.78, 5) is 29.8. The Morgan fingerprint density at radius 2 is 1.41 bits per heavy atom. The van der Waals surface area contributed by atoms with Crippen molar-refractivity contribution in [2.75, 3.05) is 10.8 Å². The van der Waals surface area contributed by atoms with Crippen LogP contribution in [0.4, 0.5) is 5.69 Å². The van der Waals surface area contributed by atoms with Crippen LogP contribution in [0.3, 0.4) is 0 Å². The summed E-state index contributed by atoms with van der Waals surface area (Å²) >= 11 is 6.14. The molecule has 0 spiro atoms. The monoisotopic (exact) mass is 631 g/mol. The number of hydrogen-bond acceptors (Lipinski definition) is 4. The van der Waals surface area contributed by atoms with Gasteiger partial charge in [-0.25, -0.2) is 8.42 Å². The van der Waals surface area contributed by atoms with Crippen molar-refractivity contribution in [3.05, 3.63) is 130 Å². The second-order valence-corrected chi connectivity index (χ2v) is 13.4. The molecule has 0 unspecified atom stereocenters. The summed E-state index contributed by atoms with van der Waals surface area (Å²) in [5.41, 5.74) is 3.62. The molecule has 4 aromatic carbocycles. The van der Waals surface area contributed by atoms with Crippen LogP contribution in [-0.2, 0) is 32.6 Å². The number of carbonyl (C=O) groups excluding carboxylic acids is 2. The summed E-state index contributed by atoms with van der Waals surface area (Å²) in [6.45, 7) is 6.97. The van der Waals surface area contributed by atoms with Crippen molar-refractivity contribution in [1.82, 2.24) is 10.2 Å². The molecule has 0 aliphatic rings. The Morgan fingerprint density at radius 1 is 0.795 bits per heavy atom.